The molecule has 0 spiro atoms. The highest BCUT2D eigenvalue weighted by Crippen LogP contribution is 2.34. The van der Waals surface area contributed by atoms with Crippen molar-refractivity contribution in [2.45, 2.75) is 13.8 Å². The third-order valence-electron chi connectivity index (χ3n) is 2.99. The zero-order valence-corrected chi connectivity index (χ0v) is 15.8. The average molecular weight is 398 g/mol. The summed E-state index contributed by atoms with van der Waals surface area (Å²) >= 11 is 3.25. The first-order chi connectivity index (χ1) is 10.2. The van der Waals surface area contributed by atoms with Crippen molar-refractivity contribution in [3.05, 3.63) is 40.3 Å². The number of hydrogen-bond donors (Lipinski definition) is 1. The molecule has 3 rings (SSSR count). The highest BCUT2D eigenvalue weighted by atomic mass is 79.9. The summed E-state index contributed by atoms with van der Waals surface area (Å²) in [5.74, 6) is 0.805. The molecule has 0 aliphatic carbocycles. The molecule has 0 amide bonds. The van der Waals surface area contributed by atoms with Crippen LogP contribution in [-0.2, 0) is 0 Å². The first kappa shape index (κ1) is 16.9. The molecule has 0 saturated carbocycles. The molecule has 1 N–H and O–H groups in total. The van der Waals surface area contributed by atoms with Crippen LogP contribution in [0.15, 0.2) is 29.6 Å². The summed E-state index contributed by atoms with van der Waals surface area (Å²) in [6, 6.07) is 7.81. The number of anilines is 2. The van der Waals surface area contributed by atoms with Crippen LogP contribution in [0.5, 0.6) is 5.75 Å². The summed E-state index contributed by atoms with van der Waals surface area (Å²) < 4.78 is 5.34. The van der Waals surface area contributed by atoms with Gasteiger partial charge in [-0.1, -0.05) is 12.1 Å². The van der Waals surface area contributed by atoms with E-state index in [-0.39, 0.29) is 17.0 Å². The third-order valence-corrected chi connectivity index (χ3v) is 4.84. The van der Waals surface area contributed by atoms with Crippen LogP contribution in [0.4, 0.5) is 10.8 Å². The number of nitrogens with zero attached hydrogens (tertiary/aromatic N) is 2. The van der Waals surface area contributed by atoms with E-state index in [1.54, 1.807) is 29.8 Å². The second kappa shape index (κ2) is 7.21. The Bertz CT molecular complexity index is 770. The molecule has 0 fully saturated rings. The van der Waals surface area contributed by atoms with Gasteiger partial charge in [-0.2, -0.15) is 0 Å². The van der Waals surface area contributed by atoms with Gasteiger partial charge in [0.15, 0.2) is 5.13 Å². The molecular weight excluding hydrogens is 382 g/mol. The van der Waals surface area contributed by atoms with Crippen LogP contribution >= 0.6 is 39.7 Å². The molecular formula is C15H16BrN3OS2. The summed E-state index contributed by atoms with van der Waals surface area (Å²) in [5, 5.41) is 7.27. The number of aryl methyl sites for hydroxylation is 2. The van der Waals surface area contributed by atoms with Gasteiger partial charge in [0.05, 0.1) is 34.1 Å². The maximum Gasteiger partial charge on any atom is 0.187 e. The van der Waals surface area contributed by atoms with Gasteiger partial charge in [0.1, 0.15) is 5.75 Å². The minimum absolute atomic E-state index is 0. The van der Waals surface area contributed by atoms with Crippen LogP contribution in [0.3, 0.4) is 0 Å². The van der Waals surface area contributed by atoms with Gasteiger partial charge in [0.2, 0.25) is 0 Å². The summed E-state index contributed by atoms with van der Waals surface area (Å²) in [6.45, 7) is 4.03. The summed E-state index contributed by atoms with van der Waals surface area (Å²) in [7, 11) is 1.66. The Labute approximate surface area is 148 Å². The van der Waals surface area contributed by atoms with Crippen LogP contribution in [-0.4, -0.2) is 17.1 Å². The standard InChI is InChI=1S/C15H15N3OS2.BrH/c1-9-14(21-10(2)16-9)12-8-20-15(18-12)17-11-6-4-5-7-13(11)19-3;/h4-8H,1-3H3,(H,17,18);1H. The number of ether oxygens (including phenoxy) is 1. The van der Waals surface area contributed by atoms with E-state index < -0.39 is 0 Å². The Balaban J connectivity index is 0.00000176. The largest absolute Gasteiger partial charge is 0.495 e. The zero-order chi connectivity index (χ0) is 14.8. The van der Waals surface area contributed by atoms with Crippen LogP contribution < -0.4 is 10.1 Å². The molecule has 7 heteroatoms. The molecule has 0 bridgehead atoms. The highest BCUT2D eigenvalue weighted by Gasteiger charge is 2.12. The van der Waals surface area contributed by atoms with Gasteiger partial charge >= 0.3 is 0 Å². The number of thiazole rings is 2. The number of halogens is 1. The van der Waals surface area contributed by atoms with Crippen molar-refractivity contribution in [2.24, 2.45) is 0 Å². The fourth-order valence-electron chi connectivity index (χ4n) is 2.07. The van der Waals surface area contributed by atoms with E-state index in [1.165, 1.54) is 0 Å². The average Bonchev–Trinajstić information content (AvgIpc) is 3.06. The molecule has 0 unspecified atom stereocenters. The van der Waals surface area contributed by atoms with Crippen molar-refractivity contribution in [2.75, 3.05) is 12.4 Å². The van der Waals surface area contributed by atoms with Gasteiger partial charge in [-0.3, -0.25) is 0 Å². The molecule has 3 aromatic rings. The molecule has 0 atom stereocenters. The van der Waals surface area contributed by atoms with E-state index in [4.69, 9.17) is 4.74 Å². The van der Waals surface area contributed by atoms with Crippen LogP contribution in [0.2, 0.25) is 0 Å². The number of methoxy groups -OCH3 is 1. The lowest BCUT2D eigenvalue weighted by atomic mass is 10.3. The predicted molar refractivity (Wildman–Crippen MR) is 99.3 cm³/mol. The molecule has 116 valence electrons. The number of aromatic nitrogens is 2. The molecule has 0 saturated heterocycles. The number of rotatable bonds is 4. The van der Waals surface area contributed by atoms with Gasteiger partial charge in [-0.25, -0.2) is 9.97 Å². The number of para-hydroxylation sites is 2. The summed E-state index contributed by atoms with van der Waals surface area (Å²) in [6.07, 6.45) is 0. The predicted octanol–water partition coefficient (Wildman–Crippen LogP) is 5.21. The van der Waals surface area contributed by atoms with Gasteiger partial charge in [0.25, 0.3) is 0 Å². The van der Waals surface area contributed by atoms with Crippen molar-refractivity contribution < 1.29 is 4.74 Å². The van der Waals surface area contributed by atoms with E-state index in [2.05, 4.69) is 20.7 Å². The van der Waals surface area contributed by atoms with Crippen LogP contribution in [0.25, 0.3) is 10.6 Å². The molecule has 22 heavy (non-hydrogen) atoms. The molecule has 0 aliphatic rings. The molecule has 0 aliphatic heterocycles. The number of nitrogens with one attached hydrogen (secondary N) is 1. The quantitative estimate of drug-likeness (QED) is 0.655. The maximum absolute atomic E-state index is 5.34. The smallest absolute Gasteiger partial charge is 0.187 e. The van der Waals surface area contributed by atoms with Crippen LogP contribution in [0.1, 0.15) is 10.7 Å². The van der Waals surface area contributed by atoms with Gasteiger partial charge < -0.3 is 10.1 Å². The molecule has 1 aromatic carbocycles. The monoisotopic (exact) mass is 397 g/mol. The van der Waals surface area contributed by atoms with E-state index in [0.29, 0.717) is 0 Å². The minimum atomic E-state index is 0. The van der Waals surface area contributed by atoms with E-state index >= 15 is 0 Å². The zero-order valence-electron chi connectivity index (χ0n) is 12.4. The lowest BCUT2D eigenvalue weighted by Crippen LogP contribution is -1.93. The number of benzene rings is 1. The van der Waals surface area contributed by atoms with Crippen molar-refractivity contribution in [1.82, 2.24) is 9.97 Å². The highest BCUT2D eigenvalue weighted by molar-refractivity contribution is 8.93. The maximum atomic E-state index is 5.34. The Morgan fingerprint density at radius 2 is 1.91 bits per heavy atom. The summed E-state index contributed by atoms with van der Waals surface area (Å²) in [5.41, 5.74) is 2.92. The lowest BCUT2D eigenvalue weighted by molar-refractivity contribution is 0.417. The number of hydrogen-bond acceptors (Lipinski definition) is 6. The first-order valence-corrected chi connectivity index (χ1v) is 8.17. The van der Waals surface area contributed by atoms with E-state index in [9.17, 15) is 0 Å². The fourth-order valence-corrected chi connectivity index (χ4v) is 3.74. The topological polar surface area (TPSA) is 47.0 Å². The molecule has 2 aromatic heterocycles. The van der Waals surface area contributed by atoms with Crippen molar-refractivity contribution in [3.8, 4) is 16.3 Å². The summed E-state index contributed by atoms with van der Waals surface area (Å²) in [4.78, 5) is 10.2. The van der Waals surface area contributed by atoms with Crippen molar-refractivity contribution in [1.29, 1.82) is 0 Å². The van der Waals surface area contributed by atoms with Gasteiger partial charge in [-0.05, 0) is 26.0 Å². The molecule has 4 nitrogen and oxygen atoms in total. The Kier molecular flexibility index (Phi) is 5.55. The molecule has 0 radical (unpaired) electrons. The Hall–Kier alpha value is -1.44. The minimum Gasteiger partial charge on any atom is -0.495 e. The molecule has 2 heterocycles. The normalized spacial score (nSPS) is 10.1. The lowest BCUT2D eigenvalue weighted by Gasteiger charge is -2.07. The second-order valence-electron chi connectivity index (χ2n) is 4.51. The van der Waals surface area contributed by atoms with Crippen molar-refractivity contribution in [3.63, 3.8) is 0 Å². The Morgan fingerprint density at radius 1 is 1.14 bits per heavy atom. The van der Waals surface area contributed by atoms with E-state index in [1.807, 2.05) is 38.1 Å². The van der Waals surface area contributed by atoms with Crippen LogP contribution in [0, 0.1) is 13.8 Å². The SMILES string of the molecule is Br.COc1ccccc1Nc1nc(-c2sc(C)nc2C)cs1. The first-order valence-electron chi connectivity index (χ1n) is 6.47. The fraction of sp³-hybridized carbons (Fsp3) is 0.200. The van der Waals surface area contributed by atoms with Gasteiger partial charge in [0, 0.05) is 5.38 Å². The second-order valence-corrected chi connectivity index (χ2v) is 6.57. The Morgan fingerprint density at radius 3 is 2.59 bits per heavy atom. The van der Waals surface area contributed by atoms with E-state index in [0.717, 1.165) is 37.8 Å². The van der Waals surface area contributed by atoms with Gasteiger partial charge in [-0.15, -0.1) is 39.7 Å². The van der Waals surface area contributed by atoms with Crippen molar-refractivity contribution >= 4 is 50.5 Å². The third kappa shape index (κ3) is 3.48.